The molecule has 0 rings (SSSR count). The summed E-state index contributed by atoms with van der Waals surface area (Å²) < 4.78 is 17.3. The van der Waals surface area contributed by atoms with Crippen LogP contribution in [0.4, 0.5) is 0 Å². The molecule has 0 aliphatic carbocycles. The molecule has 19 heavy (non-hydrogen) atoms. The van der Waals surface area contributed by atoms with Gasteiger partial charge in [-0.3, -0.25) is 0 Å². The van der Waals surface area contributed by atoms with E-state index in [0.717, 1.165) is 18.6 Å². The van der Waals surface area contributed by atoms with E-state index in [2.05, 4.69) is 52.3 Å². The van der Waals surface area contributed by atoms with Crippen LogP contribution < -0.4 is 0 Å². The van der Waals surface area contributed by atoms with E-state index >= 15 is 0 Å². The molecule has 0 radical (unpaired) electrons. The Labute approximate surface area is 120 Å². The highest BCUT2D eigenvalue weighted by Gasteiger charge is 2.20. The highest BCUT2D eigenvalue weighted by molar-refractivity contribution is 6.70. The Morgan fingerprint density at radius 1 is 0.947 bits per heavy atom. The Kier molecular flexibility index (Phi) is 7.51. The van der Waals surface area contributed by atoms with Crippen LogP contribution in [0.25, 0.3) is 0 Å². The molecule has 0 aliphatic rings. The molecule has 0 aromatic carbocycles. The summed E-state index contributed by atoms with van der Waals surface area (Å²) >= 11 is 0. The van der Waals surface area contributed by atoms with Gasteiger partial charge in [-0.2, -0.15) is 0 Å². The number of allylic oxidation sites excluding steroid dienone is 2. The van der Waals surface area contributed by atoms with Crippen molar-refractivity contribution < 1.29 is 13.6 Å². The summed E-state index contributed by atoms with van der Waals surface area (Å²) in [7, 11) is -1.65. The van der Waals surface area contributed by atoms with E-state index in [0.29, 0.717) is 5.95 Å². The molecule has 0 saturated heterocycles. The van der Waals surface area contributed by atoms with Crippen molar-refractivity contribution in [1.29, 1.82) is 0 Å². The van der Waals surface area contributed by atoms with Gasteiger partial charge in [-0.05, 0) is 51.8 Å². The van der Waals surface area contributed by atoms with E-state index < -0.39 is 16.6 Å². The Balaban J connectivity index is 5.03. The van der Waals surface area contributed by atoms with Crippen molar-refractivity contribution in [1.82, 2.24) is 0 Å². The van der Waals surface area contributed by atoms with Gasteiger partial charge in [-0.1, -0.05) is 13.3 Å². The molecule has 0 fully saturated rings. The van der Waals surface area contributed by atoms with Crippen LogP contribution in [0, 0.1) is 0 Å². The predicted molar refractivity (Wildman–Crippen MR) is 86.9 cm³/mol. The monoisotopic (exact) mass is 302 g/mol. The fraction of sp³-hybridized carbons (Fsp3) is 0.714. The first-order valence-electron chi connectivity index (χ1n) is 6.91. The number of rotatable bonds is 8. The lowest BCUT2D eigenvalue weighted by Gasteiger charge is -2.23. The maximum atomic E-state index is 6.07. The lowest BCUT2D eigenvalue weighted by atomic mass is 10.3. The molecule has 0 spiro atoms. The van der Waals surface area contributed by atoms with Gasteiger partial charge in [0.1, 0.15) is 5.76 Å². The summed E-state index contributed by atoms with van der Waals surface area (Å²) in [6, 6.07) is 0. The molecule has 112 valence electrons. The smallest absolute Gasteiger partial charge is 0.268 e. The Hall–Kier alpha value is -0.686. The summed E-state index contributed by atoms with van der Waals surface area (Å²) in [5.41, 5.74) is 0. The van der Waals surface area contributed by atoms with Crippen LogP contribution in [-0.2, 0) is 13.6 Å². The minimum atomic E-state index is -1.66. The van der Waals surface area contributed by atoms with E-state index in [-0.39, 0.29) is 0 Å². The largest absolute Gasteiger partial charge is 0.544 e. The maximum Gasteiger partial charge on any atom is 0.268 e. The molecule has 0 bridgehead atoms. The molecule has 0 unspecified atom stereocenters. The molecule has 0 heterocycles. The zero-order valence-corrected chi connectivity index (χ0v) is 15.8. The Morgan fingerprint density at radius 2 is 1.47 bits per heavy atom. The molecule has 0 aromatic heterocycles. The van der Waals surface area contributed by atoms with E-state index in [1.165, 1.54) is 0 Å². The first kappa shape index (κ1) is 18.3. The third-order valence-electron chi connectivity index (χ3n) is 1.93. The Morgan fingerprint density at radius 3 is 1.84 bits per heavy atom. The van der Waals surface area contributed by atoms with Crippen molar-refractivity contribution in [3.63, 3.8) is 0 Å². The SMILES string of the molecule is CCC/C=C(/C=C(\OC)O[Si](C)(C)C)O[Si](C)(C)C. The lowest BCUT2D eigenvalue weighted by Crippen LogP contribution is -2.26. The maximum absolute atomic E-state index is 6.07. The van der Waals surface area contributed by atoms with E-state index in [1.54, 1.807) is 7.11 Å². The van der Waals surface area contributed by atoms with Gasteiger partial charge in [-0.25, -0.2) is 0 Å². The highest BCUT2D eigenvalue weighted by Crippen LogP contribution is 2.18. The average Bonchev–Trinajstić information content (AvgIpc) is 2.20. The van der Waals surface area contributed by atoms with Gasteiger partial charge >= 0.3 is 0 Å². The highest BCUT2D eigenvalue weighted by atomic mass is 28.4. The van der Waals surface area contributed by atoms with Crippen LogP contribution in [0.15, 0.2) is 23.9 Å². The minimum absolute atomic E-state index is 0.555. The molecule has 0 aliphatic heterocycles. The fourth-order valence-electron chi connectivity index (χ4n) is 1.32. The topological polar surface area (TPSA) is 27.7 Å². The van der Waals surface area contributed by atoms with Crippen molar-refractivity contribution in [2.75, 3.05) is 7.11 Å². The van der Waals surface area contributed by atoms with Crippen LogP contribution in [-0.4, -0.2) is 23.7 Å². The van der Waals surface area contributed by atoms with Gasteiger partial charge in [0.2, 0.25) is 16.6 Å². The molecule has 0 saturated carbocycles. The van der Waals surface area contributed by atoms with Gasteiger partial charge in [-0.15, -0.1) is 0 Å². The quantitative estimate of drug-likeness (QED) is 0.364. The number of ether oxygens (including phenoxy) is 1. The molecule has 0 N–H and O–H groups in total. The molecule has 0 amide bonds. The van der Waals surface area contributed by atoms with Crippen LogP contribution in [0.1, 0.15) is 19.8 Å². The number of unbranched alkanes of at least 4 members (excludes halogenated alkanes) is 1. The van der Waals surface area contributed by atoms with Crippen molar-refractivity contribution in [2.24, 2.45) is 0 Å². The van der Waals surface area contributed by atoms with Crippen molar-refractivity contribution in [3.8, 4) is 0 Å². The normalized spacial score (nSPS) is 14.3. The molecule has 3 nitrogen and oxygen atoms in total. The number of hydrogen-bond donors (Lipinski definition) is 0. The van der Waals surface area contributed by atoms with Crippen molar-refractivity contribution in [2.45, 2.75) is 59.0 Å². The average molecular weight is 303 g/mol. The zero-order valence-electron chi connectivity index (χ0n) is 13.8. The second kappa shape index (κ2) is 7.79. The Bertz CT molecular complexity index is 323. The fourth-order valence-corrected chi connectivity index (χ4v) is 2.91. The van der Waals surface area contributed by atoms with Crippen LogP contribution >= 0.6 is 0 Å². The van der Waals surface area contributed by atoms with Gasteiger partial charge in [0.15, 0.2) is 0 Å². The number of hydrogen-bond acceptors (Lipinski definition) is 3. The van der Waals surface area contributed by atoms with Crippen molar-refractivity contribution >= 4 is 16.6 Å². The molecule has 0 aromatic rings. The predicted octanol–water partition coefficient (Wildman–Crippen LogP) is 4.86. The van der Waals surface area contributed by atoms with Crippen LogP contribution in [0.2, 0.25) is 39.3 Å². The van der Waals surface area contributed by atoms with Gasteiger partial charge < -0.3 is 13.6 Å². The van der Waals surface area contributed by atoms with E-state index in [4.69, 9.17) is 13.6 Å². The van der Waals surface area contributed by atoms with Gasteiger partial charge in [0.05, 0.1) is 13.2 Å². The third-order valence-corrected chi connectivity index (χ3v) is 3.59. The summed E-state index contributed by atoms with van der Waals surface area (Å²) in [4.78, 5) is 0. The van der Waals surface area contributed by atoms with Crippen LogP contribution in [0.3, 0.4) is 0 Å². The van der Waals surface area contributed by atoms with Gasteiger partial charge in [0, 0.05) is 0 Å². The minimum Gasteiger partial charge on any atom is -0.544 e. The summed E-state index contributed by atoms with van der Waals surface area (Å²) in [5.74, 6) is 1.43. The standard InChI is InChI=1S/C14H30O3Si2/c1-9-10-11-13(16-18(3,4)5)12-14(15-2)17-19(6,7)8/h11-12H,9-10H2,1-8H3/b13-11-,14-12+. The second-order valence-corrected chi connectivity index (χ2v) is 15.3. The second-order valence-electron chi connectivity index (χ2n) is 6.49. The summed E-state index contributed by atoms with van der Waals surface area (Å²) in [6.45, 7) is 15.1. The van der Waals surface area contributed by atoms with E-state index in [1.807, 2.05) is 6.08 Å². The molecule has 5 heteroatoms. The zero-order chi connectivity index (χ0) is 15.1. The summed E-state index contributed by atoms with van der Waals surface area (Å²) in [5, 5.41) is 0. The lowest BCUT2D eigenvalue weighted by molar-refractivity contribution is 0.145. The number of methoxy groups -OCH3 is 1. The van der Waals surface area contributed by atoms with Gasteiger partial charge in [0.25, 0.3) is 5.95 Å². The molecular weight excluding hydrogens is 272 g/mol. The van der Waals surface area contributed by atoms with Crippen LogP contribution in [0.5, 0.6) is 0 Å². The first-order chi connectivity index (χ1) is 8.57. The van der Waals surface area contributed by atoms with E-state index in [9.17, 15) is 0 Å². The summed E-state index contributed by atoms with van der Waals surface area (Å²) in [6.07, 6.45) is 6.10. The third kappa shape index (κ3) is 10.9. The first-order valence-corrected chi connectivity index (χ1v) is 13.7. The van der Waals surface area contributed by atoms with Crippen molar-refractivity contribution in [3.05, 3.63) is 23.9 Å². The molecular formula is C14H30O3Si2. The molecule has 0 atom stereocenters.